The molecule has 0 aliphatic heterocycles. The van der Waals surface area contributed by atoms with Gasteiger partial charge in [0.25, 0.3) is 0 Å². The molecule has 0 spiro atoms. The van der Waals surface area contributed by atoms with Crippen molar-refractivity contribution in [2.75, 3.05) is 24.4 Å². The molecule has 0 atom stereocenters. The van der Waals surface area contributed by atoms with Gasteiger partial charge >= 0.3 is 6.03 Å². The number of rotatable bonds is 10. The third kappa shape index (κ3) is 7.52. The first-order valence-corrected chi connectivity index (χ1v) is 14.6. The lowest BCUT2D eigenvalue weighted by Gasteiger charge is -2.25. The number of carbonyl (C=O) groups excluding carboxylic acids is 1. The molecule has 196 valence electrons. The van der Waals surface area contributed by atoms with E-state index in [0.717, 1.165) is 33.3 Å². The number of anilines is 1. The minimum Gasteiger partial charge on any atom is -0.457 e. The van der Waals surface area contributed by atoms with Crippen molar-refractivity contribution in [3.63, 3.8) is 0 Å². The molecule has 0 aliphatic carbocycles. The van der Waals surface area contributed by atoms with Crippen LogP contribution < -0.4 is 10.1 Å². The number of aryl methyl sites for hydroxylation is 1. The molecule has 5 nitrogen and oxygen atoms in total. The van der Waals surface area contributed by atoms with Gasteiger partial charge in [-0.1, -0.05) is 42.5 Å². The predicted octanol–water partition coefficient (Wildman–Crippen LogP) is 8.04. The molecule has 1 aromatic heterocycles. The number of benzene rings is 3. The molecule has 0 fully saturated rings. The van der Waals surface area contributed by atoms with E-state index in [2.05, 4.69) is 22.4 Å². The Hall–Kier alpha value is -3.49. The van der Waals surface area contributed by atoms with Gasteiger partial charge in [0.15, 0.2) is 0 Å². The Balaban J connectivity index is 1.52. The smallest absolute Gasteiger partial charge is 0.322 e. The van der Waals surface area contributed by atoms with E-state index in [1.165, 1.54) is 29.5 Å². The van der Waals surface area contributed by atoms with Gasteiger partial charge in [-0.3, -0.25) is 0 Å². The van der Waals surface area contributed by atoms with Crippen molar-refractivity contribution in [3.8, 4) is 11.5 Å². The zero-order valence-corrected chi connectivity index (χ0v) is 23.2. The third-order valence-electron chi connectivity index (χ3n) is 5.87. The number of thioether (sulfide) groups is 2. The van der Waals surface area contributed by atoms with Gasteiger partial charge in [0.1, 0.15) is 22.3 Å². The van der Waals surface area contributed by atoms with Crippen molar-refractivity contribution in [2.45, 2.75) is 29.8 Å². The maximum absolute atomic E-state index is 13.6. The van der Waals surface area contributed by atoms with Crippen LogP contribution in [0.15, 0.2) is 94.9 Å². The number of hydrogen-bond donors (Lipinski definition) is 1. The van der Waals surface area contributed by atoms with Gasteiger partial charge in [-0.25, -0.2) is 14.2 Å². The van der Waals surface area contributed by atoms with Crippen molar-refractivity contribution >= 4 is 35.2 Å². The Morgan fingerprint density at radius 2 is 1.58 bits per heavy atom. The molecule has 8 heteroatoms. The van der Waals surface area contributed by atoms with Crippen LogP contribution in [0.4, 0.5) is 14.9 Å². The highest BCUT2D eigenvalue weighted by Gasteiger charge is 2.19. The van der Waals surface area contributed by atoms with Crippen LogP contribution in [0, 0.1) is 12.7 Å². The first-order chi connectivity index (χ1) is 18.4. The summed E-state index contributed by atoms with van der Waals surface area (Å²) in [5, 5.41) is 3.94. The number of nitrogens with one attached hydrogen (secondary N) is 1. The molecular weight excluding hydrogens is 517 g/mol. The molecule has 0 bridgehead atoms. The highest BCUT2D eigenvalue weighted by Crippen LogP contribution is 2.34. The fourth-order valence-electron chi connectivity index (χ4n) is 3.91. The number of pyridine rings is 1. The number of halogens is 1. The second-order valence-electron chi connectivity index (χ2n) is 8.64. The Bertz CT molecular complexity index is 1330. The number of ether oxygens (including phenoxy) is 1. The standard InChI is InChI=1S/C30H30FN3O2S2/c1-21-19-27(37-2)28(29(32-21)38-3)33-30(35)34(18-17-22-7-5-4-6-8-22)20-23-9-13-25(14-10-23)36-26-15-11-24(31)12-16-26/h4-16,19H,17-18,20H2,1-3H3,(H,33,35). The maximum atomic E-state index is 13.6. The molecule has 0 saturated carbocycles. The molecule has 3 aromatic carbocycles. The number of aromatic nitrogens is 1. The lowest BCUT2D eigenvalue weighted by atomic mass is 10.1. The molecular formula is C30H30FN3O2S2. The zero-order valence-electron chi connectivity index (χ0n) is 21.6. The first-order valence-electron chi connectivity index (χ1n) is 12.2. The van der Waals surface area contributed by atoms with Gasteiger partial charge in [-0.2, -0.15) is 0 Å². The third-order valence-corrected chi connectivity index (χ3v) is 7.31. The highest BCUT2D eigenvalue weighted by atomic mass is 32.2. The van der Waals surface area contributed by atoms with E-state index in [1.807, 2.05) is 72.9 Å². The molecule has 4 rings (SSSR count). The van der Waals surface area contributed by atoms with Crippen molar-refractivity contribution < 1.29 is 13.9 Å². The van der Waals surface area contributed by atoms with E-state index >= 15 is 0 Å². The SMILES string of the molecule is CSc1cc(C)nc(SC)c1NC(=O)N(CCc1ccccc1)Cc1ccc(Oc2ccc(F)cc2)cc1. The van der Waals surface area contributed by atoms with Crippen LogP contribution >= 0.6 is 23.5 Å². The molecule has 2 amide bonds. The Morgan fingerprint density at radius 3 is 2.21 bits per heavy atom. The summed E-state index contributed by atoms with van der Waals surface area (Å²) in [5.74, 6) is 0.891. The monoisotopic (exact) mass is 547 g/mol. The molecule has 38 heavy (non-hydrogen) atoms. The summed E-state index contributed by atoms with van der Waals surface area (Å²) in [7, 11) is 0. The summed E-state index contributed by atoms with van der Waals surface area (Å²) in [4.78, 5) is 21.0. The van der Waals surface area contributed by atoms with E-state index in [1.54, 1.807) is 23.9 Å². The molecule has 1 N–H and O–H groups in total. The molecule has 0 saturated heterocycles. The summed E-state index contributed by atoms with van der Waals surface area (Å²) >= 11 is 3.11. The van der Waals surface area contributed by atoms with Gasteiger partial charge in [0.05, 0.1) is 5.69 Å². The van der Waals surface area contributed by atoms with E-state index in [0.29, 0.717) is 24.6 Å². The summed E-state index contributed by atoms with van der Waals surface area (Å²) < 4.78 is 19.0. The lowest BCUT2D eigenvalue weighted by Crippen LogP contribution is -2.36. The highest BCUT2D eigenvalue weighted by molar-refractivity contribution is 7.99. The summed E-state index contributed by atoms with van der Waals surface area (Å²) in [6.45, 7) is 2.94. The van der Waals surface area contributed by atoms with E-state index in [-0.39, 0.29) is 11.8 Å². The fraction of sp³-hybridized carbons (Fsp3) is 0.200. The van der Waals surface area contributed by atoms with Crippen LogP contribution in [0.2, 0.25) is 0 Å². The van der Waals surface area contributed by atoms with Gasteiger partial charge < -0.3 is 15.0 Å². The van der Waals surface area contributed by atoms with Crippen molar-refractivity contribution in [1.29, 1.82) is 0 Å². The number of amides is 2. The van der Waals surface area contributed by atoms with Crippen LogP contribution in [-0.2, 0) is 13.0 Å². The second-order valence-corrected chi connectivity index (χ2v) is 10.3. The average Bonchev–Trinajstić information content (AvgIpc) is 2.94. The minimum atomic E-state index is -0.308. The van der Waals surface area contributed by atoms with Crippen LogP contribution in [0.3, 0.4) is 0 Å². The second kappa shape index (κ2) is 13.3. The van der Waals surface area contributed by atoms with Crippen molar-refractivity contribution in [1.82, 2.24) is 9.88 Å². The summed E-state index contributed by atoms with van der Waals surface area (Å²) in [6, 6.07) is 25.4. The van der Waals surface area contributed by atoms with Gasteiger partial charge in [0, 0.05) is 23.7 Å². The van der Waals surface area contributed by atoms with Gasteiger partial charge in [-0.15, -0.1) is 23.5 Å². The predicted molar refractivity (Wildman–Crippen MR) is 155 cm³/mol. The average molecular weight is 548 g/mol. The normalized spacial score (nSPS) is 10.7. The van der Waals surface area contributed by atoms with Gasteiger partial charge in [0.2, 0.25) is 0 Å². The molecule has 0 aliphatic rings. The first kappa shape index (κ1) is 27.5. The molecule has 1 heterocycles. The fourth-order valence-corrected chi connectivity index (χ4v) is 5.21. The van der Waals surface area contributed by atoms with Crippen molar-refractivity contribution in [3.05, 3.63) is 108 Å². The summed E-state index contributed by atoms with van der Waals surface area (Å²) in [6.07, 6.45) is 4.69. The molecule has 0 radical (unpaired) electrons. The number of urea groups is 1. The van der Waals surface area contributed by atoms with Crippen LogP contribution in [0.25, 0.3) is 0 Å². The van der Waals surface area contributed by atoms with Gasteiger partial charge in [-0.05, 0) is 79.4 Å². The number of hydrogen-bond acceptors (Lipinski definition) is 5. The Kier molecular flexibility index (Phi) is 9.67. The number of nitrogens with zero attached hydrogens (tertiary/aromatic N) is 2. The zero-order chi connectivity index (χ0) is 26.9. The van der Waals surface area contributed by atoms with Crippen LogP contribution in [-0.4, -0.2) is 35.0 Å². The topological polar surface area (TPSA) is 54.5 Å². The quantitative estimate of drug-likeness (QED) is 0.204. The van der Waals surface area contributed by atoms with E-state index in [9.17, 15) is 9.18 Å². The Morgan fingerprint density at radius 1 is 0.921 bits per heavy atom. The molecule has 4 aromatic rings. The Labute approximate surface area is 231 Å². The van der Waals surface area contributed by atoms with Crippen LogP contribution in [0.1, 0.15) is 16.8 Å². The van der Waals surface area contributed by atoms with Crippen molar-refractivity contribution in [2.24, 2.45) is 0 Å². The lowest BCUT2D eigenvalue weighted by molar-refractivity contribution is 0.209. The summed E-state index contributed by atoms with van der Waals surface area (Å²) in [5.41, 5.74) is 3.80. The minimum absolute atomic E-state index is 0.177. The van der Waals surface area contributed by atoms with E-state index in [4.69, 9.17) is 4.74 Å². The van der Waals surface area contributed by atoms with E-state index < -0.39 is 0 Å². The number of carbonyl (C=O) groups is 1. The molecule has 0 unspecified atom stereocenters. The van der Waals surface area contributed by atoms with Crippen LogP contribution in [0.5, 0.6) is 11.5 Å². The maximum Gasteiger partial charge on any atom is 0.322 e. The largest absolute Gasteiger partial charge is 0.457 e.